The first-order valence-electron chi connectivity index (χ1n) is 6.47. The molecule has 0 radical (unpaired) electrons. The molecule has 0 spiro atoms. The van der Waals surface area contributed by atoms with Crippen LogP contribution in [-0.4, -0.2) is 28.8 Å². The molecule has 1 aliphatic carbocycles. The van der Waals surface area contributed by atoms with Gasteiger partial charge < -0.3 is 10.4 Å². The number of hydrogen-bond donors (Lipinski definition) is 2. The first-order chi connectivity index (χ1) is 8.20. The minimum Gasteiger partial charge on any atom is -0.395 e. The average Bonchev–Trinajstić information content (AvgIpc) is 2.28. The van der Waals surface area contributed by atoms with Crippen LogP contribution in [0.25, 0.3) is 0 Å². The van der Waals surface area contributed by atoms with E-state index >= 15 is 0 Å². The van der Waals surface area contributed by atoms with Gasteiger partial charge in [-0.3, -0.25) is 4.98 Å². The highest BCUT2D eigenvalue weighted by Crippen LogP contribution is 2.36. The summed E-state index contributed by atoms with van der Waals surface area (Å²) in [5, 5.41) is 12.8. The Balaban J connectivity index is 1.79. The molecule has 1 aromatic rings. The minimum absolute atomic E-state index is 0.230. The lowest BCUT2D eigenvalue weighted by Gasteiger charge is -2.39. The Morgan fingerprint density at radius 1 is 1.35 bits per heavy atom. The van der Waals surface area contributed by atoms with Crippen LogP contribution in [0.5, 0.6) is 0 Å². The fourth-order valence-electron chi connectivity index (χ4n) is 2.42. The Kier molecular flexibility index (Phi) is 4.13. The molecule has 1 fully saturated rings. The quantitative estimate of drug-likeness (QED) is 0.818. The van der Waals surface area contributed by atoms with Crippen LogP contribution in [-0.2, 0) is 0 Å². The molecule has 0 amide bonds. The van der Waals surface area contributed by atoms with Gasteiger partial charge in [-0.1, -0.05) is 13.8 Å². The van der Waals surface area contributed by atoms with E-state index in [-0.39, 0.29) is 12.6 Å². The predicted molar refractivity (Wildman–Crippen MR) is 68.8 cm³/mol. The number of nitrogens with zero attached hydrogens (tertiary/aromatic N) is 1. The number of aliphatic hydroxyl groups excluding tert-OH is 1. The average molecular weight is 234 g/mol. The zero-order valence-corrected chi connectivity index (χ0v) is 10.6. The Morgan fingerprint density at radius 3 is 2.53 bits per heavy atom. The van der Waals surface area contributed by atoms with Crippen molar-refractivity contribution in [3.8, 4) is 0 Å². The Morgan fingerprint density at radius 2 is 2.00 bits per heavy atom. The molecule has 3 heteroatoms. The van der Waals surface area contributed by atoms with Crippen molar-refractivity contribution < 1.29 is 5.11 Å². The lowest BCUT2D eigenvalue weighted by Crippen LogP contribution is -2.49. The van der Waals surface area contributed by atoms with E-state index in [0.717, 1.165) is 0 Å². The predicted octanol–water partition coefficient (Wildman–Crippen LogP) is 1.93. The second-order valence-corrected chi connectivity index (χ2v) is 5.35. The van der Waals surface area contributed by atoms with E-state index in [1.807, 2.05) is 12.4 Å². The topological polar surface area (TPSA) is 45.1 Å². The van der Waals surface area contributed by atoms with Crippen LogP contribution in [0.4, 0.5) is 0 Å². The molecule has 0 saturated heterocycles. The summed E-state index contributed by atoms with van der Waals surface area (Å²) in [6.45, 7) is 4.52. The molecule has 2 rings (SSSR count). The first kappa shape index (κ1) is 12.5. The van der Waals surface area contributed by atoms with Crippen LogP contribution in [0, 0.1) is 5.92 Å². The molecule has 3 nitrogen and oxygen atoms in total. The molecule has 17 heavy (non-hydrogen) atoms. The Labute approximate surface area is 103 Å². The normalized spacial score (nSPS) is 25.6. The fourth-order valence-corrected chi connectivity index (χ4v) is 2.42. The summed E-state index contributed by atoms with van der Waals surface area (Å²) in [5.74, 6) is 1.15. The number of pyridine rings is 1. The van der Waals surface area contributed by atoms with Gasteiger partial charge in [0, 0.05) is 24.5 Å². The van der Waals surface area contributed by atoms with Crippen molar-refractivity contribution in [2.24, 2.45) is 5.92 Å². The van der Waals surface area contributed by atoms with E-state index in [1.54, 1.807) is 0 Å². The standard InChI is InChI=1S/C14H22N2O/c1-10(2)14(9-17)16-13-7-12(8-13)11-3-5-15-6-4-11/h3-6,10,12-14,16-17H,7-9H2,1-2H3/t12?,13?,14-/m1/s1. The maximum atomic E-state index is 9.28. The highest BCUT2D eigenvalue weighted by atomic mass is 16.3. The summed E-state index contributed by atoms with van der Waals surface area (Å²) < 4.78 is 0. The van der Waals surface area contributed by atoms with Crippen molar-refractivity contribution in [3.05, 3.63) is 30.1 Å². The summed E-state index contributed by atoms with van der Waals surface area (Å²) in [6, 6.07) is 5.01. The number of rotatable bonds is 5. The van der Waals surface area contributed by atoms with E-state index < -0.39 is 0 Å². The molecule has 1 aliphatic rings. The molecular weight excluding hydrogens is 212 g/mol. The van der Waals surface area contributed by atoms with Crippen molar-refractivity contribution in [2.75, 3.05) is 6.61 Å². The molecule has 1 atom stereocenters. The van der Waals surface area contributed by atoms with E-state index in [2.05, 4.69) is 36.3 Å². The molecule has 0 unspecified atom stereocenters. The van der Waals surface area contributed by atoms with Gasteiger partial charge in [-0.25, -0.2) is 0 Å². The van der Waals surface area contributed by atoms with Gasteiger partial charge in [0.1, 0.15) is 0 Å². The zero-order valence-electron chi connectivity index (χ0n) is 10.6. The van der Waals surface area contributed by atoms with Crippen LogP contribution in [0.1, 0.15) is 38.2 Å². The van der Waals surface area contributed by atoms with Crippen LogP contribution in [0.3, 0.4) is 0 Å². The van der Waals surface area contributed by atoms with Crippen LogP contribution < -0.4 is 5.32 Å². The lowest BCUT2D eigenvalue weighted by atomic mass is 9.75. The largest absolute Gasteiger partial charge is 0.395 e. The Hall–Kier alpha value is -0.930. The third kappa shape index (κ3) is 3.05. The smallest absolute Gasteiger partial charge is 0.0587 e. The number of hydrogen-bond acceptors (Lipinski definition) is 3. The van der Waals surface area contributed by atoms with Crippen molar-refractivity contribution in [1.82, 2.24) is 10.3 Å². The molecule has 1 heterocycles. The highest BCUT2D eigenvalue weighted by molar-refractivity contribution is 5.20. The second kappa shape index (κ2) is 5.61. The zero-order chi connectivity index (χ0) is 12.3. The maximum absolute atomic E-state index is 9.28. The van der Waals surface area contributed by atoms with Crippen molar-refractivity contribution in [2.45, 2.75) is 44.7 Å². The lowest BCUT2D eigenvalue weighted by molar-refractivity contribution is 0.169. The van der Waals surface area contributed by atoms with E-state index in [0.29, 0.717) is 17.9 Å². The summed E-state index contributed by atoms with van der Waals surface area (Å²) in [4.78, 5) is 4.04. The van der Waals surface area contributed by atoms with Crippen LogP contribution >= 0.6 is 0 Å². The SMILES string of the molecule is CC(C)[C@@H](CO)NC1CC(c2ccncc2)C1. The van der Waals surface area contributed by atoms with Gasteiger partial charge in [0.25, 0.3) is 0 Å². The first-order valence-corrected chi connectivity index (χ1v) is 6.47. The van der Waals surface area contributed by atoms with Gasteiger partial charge in [-0.15, -0.1) is 0 Å². The van der Waals surface area contributed by atoms with Crippen molar-refractivity contribution in [1.29, 1.82) is 0 Å². The minimum atomic E-state index is 0.230. The highest BCUT2D eigenvalue weighted by Gasteiger charge is 2.31. The van der Waals surface area contributed by atoms with Crippen LogP contribution in [0.2, 0.25) is 0 Å². The number of aromatic nitrogens is 1. The molecule has 1 saturated carbocycles. The molecule has 94 valence electrons. The van der Waals surface area contributed by atoms with Gasteiger partial charge in [0.05, 0.1) is 6.61 Å². The molecule has 0 bridgehead atoms. The maximum Gasteiger partial charge on any atom is 0.0587 e. The van der Waals surface area contributed by atoms with Gasteiger partial charge in [0.15, 0.2) is 0 Å². The third-order valence-electron chi connectivity index (χ3n) is 3.77. The van der Waals surface area contributed by atoms with Gasteiger partial charge in [-0.05, 0) is 42.4 Å². The fraction of sp³-hybridized carbons (Fsp3) is 0.643. The second-order valence-electron chi connectivity index (χ2n) is 5.35. The van der Waals surface area contributed by atoms with E-state index in [9.17, 15) is 5.11 Å². The summed E-state index contributed by atoms with van der Waals surface area (Å²) in [6.07, 6.45) is 6.07. The third-order valence-corrected chi connectivity index (χ3v) is 3.77. The molecular formula is C14H22N2O. The van der Waals surface area contributed by atoms with Gasteiger partial charge >= 0.3 is 0 Å². The molecule has 0 aliphatic heterocycles. The number of aliphatic hydroxyl groups is 1. The van der Waals surface area contributed by atoms with Gasteiger partial charge in [0.2, 0.25) is 0 Å². The van der Waals surface area contributed by atoms with Crippen molar-refractivity contribution in [3.63, 3.8) is 0 Å². The molecule has 1 aromatic heterocycles. The van der Waals surface area contributed by atoms with Crippen LogP contribution in [0.15, 0.2) is 24.5 Å². The van der Waals surface area contributed by atoms with Crippen molar-refractivity contribution >= 4 is 0 Å². The monoisotopic (exact) mass is 234 g/mol. The molecule has 2 N–H and O–H groups in total. The molecule has 0 aromatic carbocycles. The summed E-state index contributed by atoms with van der Waals surface area (Å²) in [5.41, 5.74) is 1.39. The Bertz CT molecular complexity index is 333. The van der Waals surface area contributed by atoms with E-state index in [1.165, 1.54) is 18.4 Å². The van der Waals surface area contributed by atoms with Gasteiger partial charge in [-0.2, -0.15) is 0 Å². The number of nitrogens with one attached hydrogen (secondary N) is 1. The summed E-state index contributed by atoms with van der Waals surface area (Å²) >= 11 is 0. The van der Waals surface area contributed by atoms with E-state index in [4.69, 9.17) is 0 Å². The summed E-state index contributed by atoms with van der Waals surface area (Å²) in [7, 11) is 0.